The number of aliphatic carboxylic acids is 1. The maximum Gasteiger partial charge on any atom is 0.329 e. The summed E-state index contributed by atoms with van der Waals surface area (Å²) in [5.74, 6) is -0.941. The summed E-state index contributed by atoms with van der Waals surface area (Å²) in [6.07, 6.45) is 1.95. The van der Waals surface area contributed by atoms with E-state index in [-0.39, 0.29) is 11.6 Å². The Morgan fingerprint density at radius 3 is 2.48 bits per heavy atom. The van der Waals surface area contributed by atoms with Crippen molar-refractivity contribution in [3.63, 3.8) is 0 Å². The molecular formula is C18H30O4Si. The van der Waals surface area contributed by atoms with Crippen LogP contribution in [0.15, 0.2) is 24.3 Å². The van der Waals surface area contributed by atoms with Crippen molar-refractivity contribution in [2.75, 3.05) is 13.2 Å². The van der Waals surface area contributed by atoms with Gasteiger partial charge in [0.2, 0.25) is 0 Å². The molecule has 0 saturated heterocycles. The largest absolute Gasteiger partial charge is 0.480 e. The van der Waals surface area contributed by atoms with E-state index in [1.165, 1.54) is 5.56 Å². The zero-order valence-corrected chi connectivity index (χ0v) is 16.0. The Labute approximate surface area is 140 Å². The second kappa shape index (κ2) is 8.62. The fraction of sp³-hybridized carbons (Fsp3) is 0.611. The third-order valence-corrected chi connectivity index (χ3v) is 8.90. The molecular weight excluding hydrogens is 308 g/mol. The minimum absolute atomic E-state index is 0.244. The number of hydrogen-bond acceptors (Lipinski definition) is 3. The molecule has 0 radical (unpaired) electrons. The van der Waals surface area contributed by atoms with E-state index in [1.807, 2.05) is 12.1 Å². The SMILES string of the molecule is CC(C)(C)[Si](C)(C)OCCCc1cccc(COCC(=O)O)c1. The van der Waals surface area contributed by atoms with Gasteiger partial charge in [-0.05, 0) is 42.1 Å². The molecule has 23 heavy (non-hydrogen) atoms. The van der Waals surface area contributed by atoms with E-state index in [1.54, 1.807) is 0 Å². The van der Waals surface area contributed by atoms with Gasteiger partial charge in [0.1, 0.15) is 6.61 Å². The van der Waals surface area contributed by atoms with Crippen molar-refractivity contribution in [3.8, 4) is 0 Å². The summed E-state index contributed by atoms with van der Waals surface area (Å²) in [6.45, 7) is 12.2. The first kappa shape index (κ1) is 19.9. The van der Waals surface area contributed by atoms with Crippen LogP contribution in [0, 0.1) is 0 Å². The highest BCUT2D eigenvalue weighted by molar-refractivity contribution is 6.74. The van der Waals surface area contributed by atoms with Gasteiger partial charge in [-0.15, -0.1) is 0 Å². The van der Waals surface area contributed by atoms with E-state index >= 15 is 0 Å². The van der Waals surface area contributed by atoms with Crippen LogP contribution in [0.3, 0.4) is 0 Å². The van der Waals surface area contributed by atoms with Crippen LogP contribution in [-0.4, -0.2) is 32.6 Å². The molecule has 0 aliphatic carbocycles. The minimum Gasteiger partial charge on any atom is -0.480 e. The summed E-state index contributed by atoms with van der Waals surface area (Å²) < 4.78 is 11.3. The molecule has 0 aliphatic heterocycles. The lowest BCUT2D eigenvalue weighted by atomic mass is 10.1. The van der Waals surface area contributed by atoms with Gasteiger partial charge in [0.25, 0.3) is 0 Å². The van der Waals surface area contributed by atoms with Gasteiger partial charge in [-0.2, -0.15) is 0 Å². The minimum atomic E-state index is -1.66. The molecule has 0 saturated carbocycles. The normalized spacial score (nSPS) is 12.4. The molecule has 1 N–H and O–H groups in total. The highest BCUT2D eigenvalue weighted by Gasteiger charge is 2.36. The number of carboxylic acids is 1. The van der Waals surface area contributed by atoms with Gasteiger partial charge in [0.15, 0.2) is 8.32 Å². The maximum absolute atomic E-state index is 10.4. The molecule has 0 unspecified atom stereocenters. The van der Waals surface area contributed by atoms with Crippen LogP contribution in [0.2, 0.25) is 18.1 Å². The van der Waals surface area contributed by atoms with Crippen LogP contribution in [0.4, 0.5) is 0 Å². The van der Waals surface area contributed by atoms with E-state index in [2.05, 4.69) is 46.0 Å². The molecule has 0 atom stereocenters. The molecule has 5 heteroatoms. The molecule has 0 heterocycles. The molecule has 0 fully saturated rings. The second-order valence-electron chi connectivity index (χ2n) is 7.42. The number of rotatable bonds is 9. The third kappa shape index (κ3) is 7.29. The Balaban J connectivity index is 2.39. The smallest absolute Gasteiger partial charge is 0.329 e. The standard InChI is InChI=1S/C18H30O4Si/c1-18(2,3)23(4,5)22-11-7-10-15-8-6-9-16(12-15)13-21-14-17(19)20/h6,8-9,12H,7,10-11,13-14H2,1-5H3,(H,19,20). The molecule has 130 valence electrons. The average molecular weight is 339 g/mol. The van der Waals surface area contributed by atoms with E-state index in [9.17, 15) is 4.79 Å². The van der Waals surface area contributed by atoms with Gasteiger partial charge < -0.3 is 14.3 Å². The Kier molecular flexibility index (Phi) is 7.44. The third-order valence-electron chi connectivity index (χ3n) is 4.36. The van der Waals surface area contributed by atoms with Gasteiger partial charge in [-0.3, -0.25) is 0 Å². The molecule has 0 amide bonds. The molecule has 0 aliphatic rings. The monoisotopic (exact) mass is 338 g/mol. The van der Waals surface area contributed by atoms with Gasteiger partial charge >= 0.3 is 5.97 Å². The second-order valence-corrected chi connectivity index (χ2v) is 12.2. The van der Waals surface area contributed by atoms with Crippen LogP contribution in [0.1, 0.15) is 38.3 Å². The summed E-state index contributed by atoms with van der Waals surface area (Å²) >= 11 is 0. The van der Waals surface area contributed by atoms with E-state index in [0.717, 1.165) is 25.0 Å². The van der Waals surface area contributed by atoms with Crippen molar-refractivity contribution >= 4 is 14.3 Å². The molecule has 0 aromatic heterocycles. The van der Waals surface area contributed by atoms with Gasteiger partial charge in [0, 0.05) is 6.61 Å². The van der Waals surface area contributed by atoms with Crippen LogP contribution in [0.5, 0.6) is 0 Å². The van der Waals surface area contributed by atoms with E-state index < -0.39 is 14.3 Å². The van der Waals surface area contributed by atoms with Gasteiger partial charge in [0.05, 0.1) is 6.61 Å². The lowest BCUT2D eigenvalue weighted by Gasteiger charge is -2.36. The van der Waals surface area contributed by atoms with Crippen molar-refractivity contribution in [2.24, 2.45) is 0 Å². The Morgan fingerprint density at radius 1 is 1.22 bits per heavy atom. The van der Waals surface area contributed by atoms with E-state index in [4.69, 9.17) is 14.3 Å². The number of aryl methyl sites for hydroxylation is 1. The predicted octanol–water partition coefficient (Wildman–Crippen LogP) is 4.24. The predicted molar refractivity (Wildman–Crippen MR) is 95.2 cm³/mol. The first-order valence-electron chi connectivity index (χ1n) is 8.13. The van der Waals surface area contributed by atoms with Crippen LogP contribution >= 0.6 is 0 Å². The quantitative estimate of drug-likeness (QED) is 0.540. The van der Waals surface area contributed by atoms with Crippen LogP contribution in [0.25, 0.3) is 0 Å². The average Bonchev–Trinajstić information content (AvgIpc) is 2.42. The van der Waals surface area contributed by atoms with Crippen LogP contribution < -0.4 is 0 Å². The summed E-state index contributed by atoms with van der Waals surface area (Å²) in [7, 11) is -1.66. The van der Waals surface area contributed by atoms with Crippen molar-refractivity contribution in [1.82, 2.24) is 0 Å². The fourth-order valence-electron chi connectivity index (χ4n) is 1.95. The number of benzene rings is 1. The number of ether oxygens (including phenoxy) is 1. The first-order chi connectivity index (χ1) is 10.6. The highest BCUT2D eigenvalue weighted by atomic mass is 28.4. The Bertz CT molecular complexity index is 506. The first-order valence-corrected chi connectivity index (χ1v) is 11.0. The van der Waals surface area contributed by atoms with Crippen LogP contribution in [-0.2, 0) is 27.0 Å². The topological polar surface area (TPSA) is 55.8 Å². The zero-order chi connectivity index (χ0) is 17.5. The summed E-state index contributed by atoms with van der Waals surface area (Å²) in [5, 5.41) is 8.82. The number of hydrogen-bond donors (Lipinski definition) is 1. The van der Waals surface area contributed by atoms with Gasteiger partial charge in [-0.25, -0.2) is 4.79 Å². The Morgan fingerprint density at radius 2 is 1.87 bits per heavy atom. The molecule has 1 aromatic carbocycles. The molecule has 1 rings (SSSR count). The fourth-order valence-corrected chi connectivity index (χ4v) is 3.04. The maximum atomic E-state index is 10.4. The summed E-state index contributed by atoms with van der Waals surface area (Å²) in [6, 6.07) is 8.11. The number of carboxylic acid groups (broad SMARTS) is 1. The van der Waals surface area contributed by atoms with Gasteiger partial charge in [-0.1, -0.05) is 45.0 Å². The summed E-state index contributed by atoms with van der Waals surface area (Å²) in [5.41, 5.74) is 2.24. The van der Waals surface area contributed by atoms with Crippen molar-refractivity contribution in [2.45, 2.75) is 58.4 Å². The molecule has 0 bridgehead atoms. The lowest BCUT2D eigenvalue weighted by molar-refractivity contribution is -0.142. The van der Waals surface area contributed by atoms with Crippen molar-refractivity contribution < 1.29 is 19.1 Å². The molecule has 1 aromatic rings. The Hall–Kier alpha value is -1.17. The van der Waals surface area contributed by atoms with E-state index in [0.29, 0.717) is 6.61 Å². The highest BCUT2D eigenvalue weighted by Crippen LogP contribution is 2.36. The summed E-state index contributed by atoms with van der Waals surface area (Å²) in [4.78, 5) is 10.4. The van der Waals surface area contributed by atoms with Crippen molar-refractivity contribution in [1.29, 1.82) is 0 Å². The number of carbonyl (C=O) groups is 1. The molecule has 0 spiro atoms. The lowest BCUT2D eigenvalue weighted by Crippen LogP contribution is -2.41. The molecule has 4 nitrogen and oxygen atoms in total. The zero-order valence-electron chi connectivity index (χ0n) is 15.0. The van der Waals surface area contributed by atoms with Crippen molar-refractivity contribution in [3.05, 3.63) is 35.4 Å².